The lowest BCUT2D eigenvalue weighted by Gasteiger charge is -2.06. The summed E-state index contributed by atoms with van der Waals surface area (Å²) >= 11 is 5.98. The van der Waals surface area contributed by atoms with Crippen LogP contribution in [0.2, 0.25) is 5.02 Å². The Morgan fingerprint density at radius 3 is 2.00 bits per heavy atom. The maximum Gasteiger partial charge on any atom is 0.488 e. The molecule has 0 radical (unpaired) electrons. The molecule has 2 nitrogen and oxygen atoms in total. The summed E-state index contributed by atoms with van der Waals surface area (Å²) in [6.07, 6.45) is 0. The molecule has 0 aliphatic heterocycles. The standard InChI is InChI=1S/C16H12BClO2/c18-16-8-5-13-9-12(1-2-14(13)10-16)11-3-6-15(7-4-11)17(19)20/h1-10,19-20H. The summed E-state index contributed by atoms with van der Waals surface area (Å²) in [4.78, 5) is 0. The molecule has 3 aromatic rings. The van der Waals surface area contributed by atoms with Gasteiger partial charge in [-0.15, -0.1) is 0 Å². The molecule has 0 heterocycles. The van der Waals surface area contributed by atoms with E-state index in [-0.39, 0.29) is 0 Å². The van der Waals surface area contributed by atoms with E-state index in [9.17, 15) is 0 Å². The Morgan fingerprint density at radius 2 is 1.30 bits per heavy atom. The van der Waals surface area contributed by atoms with Crippen LogP contribution in [-0.4, -0.2) is 17.2 Å². The van der Waals surface area contributed by atoms with Crippen LogP contribution in [0, 0.1) is 0 Å². The van der Waals surface area contributed by atoms with Crippen LogP contribution >= 0.6 is 11.6 Å². The molecule has 4 heteroatoms. The molecule has 0 fully saturated rings. The fourth-order valence-corrected chi connectivity index (χ4v) is 2.42. The van der Waals surface area contributed by atoms with E-state index in [1.807, 2.05) is 42.5 Å². The minimum absolute atomic E-state index is 0.487. The van der Waals surface area contributed by atoms with E-state index >= 15 is 0 Å². The van der Waals surface area contributed by atoms with E-state index in [0.717, 1.165) is 26.9 Å². The molecule has 0 bridgehead atoms. The average molecular weight is 283 g/mol. The van der Waals surface area contributed by atoms with Crippen LogP contribution in [0.25, 0.3) is 21.9 Å². The molecule has 20 heavy (non-hydrogen) atoms. The fraction of sp³-hybridized carbons (Fsp3) is 0. The smallest absolute Gasteiger partial charge is 0.423 e. The molecule has 98 valence electrons. The van der Waals surface area contributed by atoms with Crippen molar-refractivity contribution in [2.24, 2.45) is 0 Å². The van der Waals surface area contributed by atoms with Crippen LogP contribution in [0.1, 0.15) is 0 Å². The van der Waals surface area contributed by atoms with Crippen molar-refractivity contribution in [1.82, 2.24) is 0 Å². The number of hydrogen-bond acceptors (Lipinski definition) is 2. The zero-order chi connectivity index (χ0) is 14.1. The molecule has 0 aromatic heterocycles. The van der Waals surface area contributed by atoms with Crippen molar-refractivity contribution in [1.29, 1.82) is 0 Å². The van der Waals surface area contributed by atoms with Gasteiger partial charge in [0, 0.05) is 5.02 Å². The second-order valence-electron chi connectivity index (χ2n) is 4.70. The first-order chi connectivity index (χ1) is 9.63. The van der Waals surface area contributed by atoms with Gasteiger partial charge in [-0.25, -0.2) is 0 Å². The summed E-state index contributed by atoms with van der Waals surface area (Å²) in [5, 5.41) is 21.1. The second kappa shape index (κ2) is 5.29. The minimum Gasteiger partial charge on any atom is -0.423 e. The van der Waals surface area contributed by atoms with Gasteiger partial charge in [0.1, 0.15) is 0 Å². The first-order valence-corrected chi connectivity index (χ1v) is 6.67. The van der Waals surface area contributed by atoms with Gasteiger partial charge in [-0.3, -0.25) is 0 Å². The fourth-order valence-electron chi connectivity index (χ4n) is 2.24. The molecule has 2 N–H and O–H groups in total. The predicted molar refractivity (Wildman–Crippen MR) is 84.2 cm³/mol. The van der Waals surface area contributed by atoms with Gasteiger partial charge in [0.05, 0.1) is 0 Å². The summed E-state index contributed by atoms with van der Waals surface area (Å²) in [7, 11) is -1.43. The Balaban J connectivity index is 2.03. The lowest BCUT2D eigenvalue weighted by Crippen LogP contribution is -2.29. The number of rotatable bonds is 2. The molecule has 0 amide bonds. The molecule has 3 rings (SSSR count). The first-order valence-electron chi connectivity index (χ1n) is 6.29. The molecule has 0 aliphatic carbocycles. The first kappa shape index (κ1) is 13.2. The monoisotopic (exact) mass is 282 g/mol. The van der Waals surface area contributed by atoms with E-state index in [0.29, 0.717) is 5.46 Å². The lowest BCUT2D eigenvalue weighted by atomic mass is 9.80. The van der Waals surface area contributed by atoms with Crippen LogP contribution in [0.3, 0.4) is 0 Å². The van der Waals surface area contributed by atoms with Crippen molar-refractivity contribution in [2.75, 3.05) is 0 Å². The highest BCUT2D eigenvalue weighted by Crippen LogP contribution is 2.25. The van der Waals surface area contributed by atoms with Crippen molar-refractivity contribution in [3.05, 3.63) is 65.7 Å². The van der Waals surface area contributed by atoms with E-state index < -0.39 is 7.12 Å². The summed E-state index contributed by atoms with van der Waals surface area (Å²) in [5.74, 6) is 0. The molecular formula is C16H12BClO2. The highest BCUT2D eigenvalue weighted by molar-refractivity contribution is 6.58. The molecule has 0 aliphatic rings. The van der Waals surface area contributed by atoms with Crippen molar-refractivity contribution in [3.63, 3.8) is 0 Å². The molecule has 0 saturated carbocycles. The summed E-state index contributed by atoms with van der Waals surface area (Å²) in [5.41, 5.74) is 2.60. The molecule has 0 unspecified atom stereocenters. The zero-order valence-electron chi connectivity index (χ0n) is 10.6. The lowest BCUT2D eigenvalue weighted by molar-refractivity contribution is 0.426. The third kappa shape index (κ3) is 2.56. The van der Waals surface area contributed by atoms with Gasteiger partial charge in [0.2, 0.25) is 0 Å². The van der Waals surface area contributed by atoms with Crippen molar-refractivity contribution in [2.45, 2.75) is 0 Å². The number of benzene rings is 3. The molecule has 3 aromatic carbocycles. The van der Waals surface area contributed by atoms with Crippen LogP contribution in [0.5, 0.6) is 0 Å². The molecule has 0 atom stereocenters. The topological polar surface area (TPSA) is 40.5 Å². The van der Waals surface area contributed by atoms with Crippen molar-refractivity contribution < 1.29 is 10.0 Å². The Hall–Kier alpha value is -1.81. The molecule has 0 spiro atoms. The zero-order valence-corrected chi connectivity index (χ0v) is 11.4. The number of fused-ring (bicyclic) bond motifs is 1. The Bertz CT molecular complexity index is 754. The number of hydrogen-bond donors (Lipinski definition) is 2. The summed E-state index contributed by atoms with van der Waals surface area (Å²) < 4.78 is 0. The maximum absolute atomic E-state index is 9.10. The normalized spacial score (nSPS) is 10.8. The van der Waals surface area contributed by atoms with Gasteiger partial charge < -0.3 is 10.0 Å². The minimum atomic E-state index is -1.43. The van der Waals surface area contributed by atoms with Crippen molar-refractivity contribution in [3.8, 4) is 11.1 Å². The Kier molecular flexibility index (Phi) is 3.49. The molecular weight excluding hydrogens is 270 g/mol. The SMILES string of the molecule is OB(O)c1ccc(-c2ccc3cc(Cl)ccc3c2)cc1. The van der Waals surface area contributed by atoms with Gasteiger partial charge in [-0.05, 0) is 45.6 Å². The van der Waals surface area contributed by atoms with Gasteiger partial charge in [-0.1, -0.05) is 54.1 Å². The van der Waals surface area contributed by atoms with Gasteiger partial charge in [-0.2, -0.15) is 0 Å². The third-order valence-corrected chi connectivity index (χ3v) is 3.58. The summed E-state index contributed by atoms with van der Waals surface area (Å²) in [6, 6.07) is 19.2. The van der Waals surface area contributed by atoms with Crippen LogP contribution in [-0.2, 0) is 0 Å². The van der Waals surface area contributed by atoms with E-state index in [4.69, 9.17) is 21.6 Å². The van der Waals surface area contributed by atoms with Crippen LogP contribution in [0.4, 0.5) is 0 Å². The van der Waals surface area contributed by atoms with Crippen molar-refractivity contribution >= 4 is 35.0 Å². The van der Waals surface area contributed by atoms with Crippen LogP contribution < -0.4 is 5.46 Å². The molecule has 0 saturated heterocycles. The van der Waals surface area contributed by atoms with E-state index in [2.05, 4.69) is 6.07 Å². The van der Waals surface area contributed by atoms with E-state index in [1.54, 1.807) is 12.1 Å². The van der Waals surface area contributed by atoms with Crippen LogP contribution in [0.15, 0.2) is 60.7 Å². The average Bonchev–Trinajstić information content (AvgIpc) is 2.47. The largest absolute Gasteiger partial charge is 0.488 e. The maximum atomic E-state index is 9.10. The number of halogens is 1. The second-order valence-corrected chi connectivity index (χ2v) is 5.14. The highest BCUT2D eigenvalue weighted by Gasteiger charge is 2.10. The van der Waals surface area contributed by atoms with Gasteiger partial charge in [0.25, 0.3) is 0 Å². The van der Waals surface area contributed by atoms with Gasteiger partial charge >= 0.3 is 7.12 Å². The Morgan fingerprint density at radius 1 is 0.700 bits per heavy atom. The quantitative estimate of drug-likeness (QED) is 0.710. The highest BCUT2D eigenvalue weighted by atomic mass is 35.5. The van der Waals surface area contributed by atoms with E-state index in [1.165, 1.54) is 0 Å². The Labute approximate surface area is 122 Å². The third-order valence-electron chi connectivity index (χ3n) is 3.34. The predicted octanol–water partition coefficient (Wildman–Crippen LogP) is 2.84. The van der Waals surface area contributed by atoms with Gasteiger partial charge in [0.15, 0.2) is 0 Å². The summed E-state index contributed by atoms with van der Waals surface area (Å²) in [6.45, 7) is 0.